The Kier molecular flexibility index (Phi) is 6.82. The van der Waals surface area contributed by atoms with Gasteiger partial charge in [-0.1, -0.05) is 0 Å². The van der Waals surface area contributed by atoms with E-state index in [1.807, 2.05) is 25.7 Å². The second-order valence-corrected chi connectivity index (χ2v) is 9.42. The number of carbonyl (C=O) groups is 1. The molecule has 3 heterocycles. The van der Waals surface area contributed by atoms with Gasteiger partial charge in [0.1, 0.15) is 5.60 Å². The minimum atomic E-state index is -0.446. The lowest BCUT2D eigenvalue weighted by Gasteiger charge is -2.38. The van der Waals surface area contributed by atoms with Gasteiger partial charge in [-0.3, -0.25) is 9.78 Å². The molecular weight excluding hydrogens is 372 g/mol. The molecule has 2 saturated heterocycles. The zero-order chi connectivity index (χ0) is 21.0. The van der Waals surface area contributed by atoms with E-state index in [-0.39, 0.29) is 17.3 Å². The molecule has 29 heavy (non-hydrogen) atoms. The van der Waals surface area contributed by atoms with Crippen molar-refractivity contribution >= 4 is 6.09 Å². The van der Waals surface area contributed by atoms with Gasteiger partial charge in [-0.05, 0) is 71.4 Å². The highest BCUT2D eigenvalue weighted by molar-refractivity contribution is 5.68. The molecule has 3 rings (SSSR count). The van der Waals surface area contributed by atoms with Gasteiger partial charge in [-0.2, -0.15) is 0 Å². The van der Waals surface area contributed by atoms with Crippen molar-refractivity contribution in [2.75, 3.05) is 32.7 Å². The Morgan fingerprint density at radius 3 is 2.21 bits per heavy atom. The molecule has 0 aliphatic carbocycles. The predicted molar refractivity (Wildman–Crippen MR) is 111 cm³/mol. The SMILES string of the molecule is CC(C)(C)OC(=O)N1CCC(CN2CCC(Cn3ccc(=O)[nH]c3=O)CC2)CC1. The van der Waals surface area contributed by atoms with Crippen molar-refractivity contribution in [3.8, 4) is 0 Å². The summed E-state index contributed by atoms with van der Waals surface area (Å²) < 4.78 is 7.08. The monoisotopic (exact) mass is 406 g/mol. The average molecular weight is 407 g/mol. The van der Waals surface area contributed by atoms with E-state index in [0.29, 0.717) is 18.4 Å². The quantitative estimate of drug-likeness (QED) is 0.825. The maximum Gasteiger partial charge on any atom is 0.410 e. The minimum absolute atomic E-state index is 0.200. The molecule has 1 amide bonds. The number of aromatic amines is 1. The lowest BCUT2D eigenvalue weighted by atomic mass is 9.93. The van der Waals surface area contributed by atoms with Gasteiger partial charge in [0.25, 0.3) is 5.56 Å². The first-order valence-electron chi connectivity index (χ1n) is 10.7. The maximum atomic E-state index is 12.2. The summed E-state index contributed by atoms with van der Waals surface area (Å²) in [5.74, 6) is 1.08. The number of likely N-dealkylation sites (tertiary alicyclic amines) is 2. The molecule has 1 aromatic heterocycles. The van der Waals surface area contributed by atoms with Crippen LogP contribution in [0.5, 0.6) is 0 Å². The second kappa shape index (κ2) is 9.15. The van der Waals surface area contributed by atoms with Crippen LogP contribution in [0.4, 0.5) is 4.79 Å². The van der Waals surface area contributed by atoms with E-state index in [1.54, 1.807) is 10.8 Å². The summed E-state index contributed by atoms with van der Waals surface area (Å²) in [5.41, 5.74) is -1.12. The van der Waals surface area contributed by atoms with E-state index in [1.165, 1.54) is 6.07 Å². The fourth-order valence-corrected chi connectivity index (χ4v) is 4.21. The molecule has 8 nitrogen and oxygen atoms in total. The van der Waals surface area contributed by atoms with E-state index in [0.717, 1.165) is 58.4 Å². The summed E-state index contributed by atoms with van der Waals surface area (Å²) in [5, 5.41) is 0. The molecule has 0 saturated carbocycles. The zero-order valence-electron chi connectivity index (χ0n) is 17.9. The van der Waals surface area contributed by atoms with Crippen LogP contribution in [-0.4, -0.2) is 63.8 Å². The van der Waals surface area contributed by atoms with E-state index in [4.69, 9.17) is 4.74 Å². The molecule has 0 atom stereocenters. The standard InChI is InChI=1S/C21H34N4O4/c1-21(2,3)29-20(28)24-11-6-16(7-12-24)14-23-9-4-17(5-10-23)15-25-13-8-18(26)22-19(25)27/h8,13,16-17H,4-7,9-12,14-15H2,1-3H3,(H,22,26,27). The van der Waals surface area contributed by atoms with Crippen LogP contribution in [0, 0.1) is 11.8 Å². The summed E-state index contributed by atoms with van der Waals surface area (Å²) in [6.07, 6.45) is 5.54. The minimum Gasteiger partial charge on any atom is -0.444 e. The van der Waals surface area contributed by atoms with Gasteiger partial charge in [0.15, 0.2) is 0 Å². The van der Waals surface area contributed by atoms with Crippen LogP contribution < -0.4 is 11.2 Å². The Morgan fingerprint density at radius 1 is 1.03 bits per heavy atom. The van der Waals surface area contributed by atoms with Crippen LogP contribution >= 0.6 is 0 Å². The smallest absolute Gasteiger partial charge is 0.410 e. The molecule has 2 aliphatic heterocycles. The number of piperidine rings is 2. The van der Waals surface area contributed by atoms with Crippen molar-refractivity contribution in [2.24, 2.45) is 11.8 Å². The highest BCUT2D eigenvalue weighted by Crippen LogP contribution is 2.24. The lowest BCUT2D eigenvalue weighted by molar-refractivity contribution is 0.0163. The van der Waals surface area contributed by atoms with Gasteiger partial charge >= 0.3 is 11.8 Å². The fourth-order valence-electron chi connectivity index (χ4n) is 4.21. The molecule has 1 N–H and O–H groups in total. The van der Waals surface area contributed by atoms with Crippen LogP contribution in [0.2, 0.25) is 0 Å². The van der Waals surface area contributed by atoms with E-state index >= 15 is 0 Å². The van der Waals surface area contributed by atoms with Gasteiger partial charge in [-0.15, -0.1) is 0 Å². The molecule has 0 spiro atoms. The molecule has 2 aliphatic rings. The van der Waals surface area contributed by atoms with Crippen LogP contribution in [0.15, 0.2) is 21.9 Å². The van der Waals surface area contributed by atoms with Gasteiger partial charge in [0, 0.05) is 38.4 Å². The largest absolute Gasteiger partial charge is 0.444 e. The van der Waals surface area contributed by atoms with Crippen molar-refractivity contribution in [3.05, 3.63) is 33.1 Å². The second-order valence-electron chi connectivity index (χ2n) is 9.42. The first-order chi connectivity index (χ1) is 13.7. The molecule has 0 bridgehead atoms. The highest BCUT2D eigenvalue weighted by Gasteiger charge is 2.28. The van der Waals surface area contributed by atoms with Crippen molar-refractivity contribution < 1.29 is 9.53 Å². The Labute approximate surface area is 171 Å². The van der Waals surface area contributed by atoms with Gasteiger partial charge in [-0.25, -0.2) is 9.59 Å². The topological polar surface area (TPSA) is 87.6 Å². The average Bonchev–Trinajstić information content (AvgIpc) is 2.65. The van der Waals surface area contributed by atoms with Gasteiger partial charge in [0.2, 0.25) is 0 Å². The van der Waals surface area contributed by atoms with Crippen molar-refractivity contribution in [3.63, 3.8) is 0 Å². The summed E-state index contributed by atoms with van der Waals surface area (Å²) in [7, 11) is 0. The number of nitrogens with zero attached hydrogens (tertiary/aromatic N) is 3. The summed E-state index contributed by atoms with van der Waals surface area (Å²) >= 11 is 0. The summed E-state index contributed by atoms with van der Waals surface area (Å²) in [6.45, 7) is 11.0. The number of rotatable bonds is 4. The van der Waals surface area contributed by atoms with E-state index in [9.17, 15) is 14.4 Å². The zero-order valence-corrected chi connectivity index (χ0v) is 17.9. The Balaban J connectivity index is 1.39. The van der Waals surface area contributed by atoms with Gasteiger partial charge < -0.3 is 19.1 Å². The molecular formula is C21H34N4O4. The molecule has 8 heteroatoms. The maximum absolute atomic E-state index is 12.2. The first kappa shape index (κ1) is 21.6. The van der Waals surface area contributed by atoms with Crippen LogP contribution in [-0.2, 0) is 11.3 Å². The predicted octanol–water partition coefficient (Wildman–Crippen LogP) is 1.90. The van der Waals surface area contributed by atoms with Crippen LogP contribution in [0.1, 0.15) is 46.5 Å². The number of ether oxygens (including phenoxy) is 1. The number of amides is 1. The number of hydrogen-bond acceptors (Lipinski definition) is 5. The third-order valence-electron chi connectivity index (χ3n) is 5.84. The van der Waals surface area contributed by atoms with E-state index < -0.39 is 5.60 Å². The molecule has 162 valence electrons. The highest BCUT2D eigenvalue weighted by atomic mass is 16.6. The number of hydrogen-bond donors (Lipinski definition) is 1. The lowest BCUT2D eigenvalue weighted by Crippen LogP contribution is -2.45. The number of nitrogens with one attached hydrogen (secondary N) is 1. The van der Waals surface area contributed by atoms with Crippen LogP contribution in [0.25, 0.3) is 0 Å². The molecule has 0 radical (unpaired) electrons. The van der Waals surface area contributed by atoms with Crippen molar-refractivity contribution in [2.45, 2.75) is 58.6 Å². The van der Waals surface area contributed by atoms with Crippen molar-refractivity contribution in [1.82, 2.24) is 19.4 Å². The fraction of sp³-hybridized carbons (Fsp3) is 0.762. The van der Waals surface area contributed by atoms with Gasteiger partial charge in [0.05, 0.1) is 0 Å². The van der Waals surface area contributed by atoms with Crippen LogP contribution in [0.3, 0.4) is 0 Å². The Hall–Kier alpha value is -2.09. The molecule has 2 fully saturated rings. The molecule has 1 aromatic rings. The molecule has 0 aromatic carbocycles. The Bertz CT molecular complexity index is 794. The summed E-state index contributed by atoms with van der Waals surface area (Å²) in [4.78, 5) is 41.9. The third kappa shape index (κ3) is 6.45. The molecule has 0 unspecified atom stereocenters. The van der Waals surface area contributed by atoms with Crippen molar-refractivity contribution in [1.29, 1.82) is 0 Å². The van der Waals surface area contributed by atoms with E-state index in [2.05, 4.69) is 9.88 Å². The summed E-state index contributed by atoms with van der Waals surface area (Å²) in [6, 6.07) is 1.40. The number of H-pyrrole nitrogens is 1. The number of aromatic nitrogens is 2. The first-order valence-corrected chi connectivity index (χ1v) is 10.7. The normalized spacial score (nSPS) is 20.0. The third-order valence-corrected chi connectivity index (χ3v) is 5.84. The Morgan fingerprint density at radius 2 is 1.62 bits per heavy atom. The number of carbonyl (C=O) groups excluding carboxylic acids is 1.